The molecule has 2 amide bonds. The average Bonchev–Trinajstić information content (AvgIpc) is 2.65. The van der Waals surface area contributed by atoms with Crippen LogP contribution in [0.25, 0.3) is 0 Å². The molecule has 2 heterocycles. The van der Waals surface area contributed by atoms with Crippen LogP contribution in [-0.4, -0.2) is 48.4 Å². The molecule has 0 radical (unpaired) electrons. The third-order valence-corrected chi connectivity index (χ3v) is 4.53. The van der Waals surface area contributed by atoms with Gasteiger partial charge in [-0.25, -0.2) is 4.98 Å². The van der Waals surface area contributed by atoms with Gasteiger partial charge in [0.1, 0.15) is 5.69 Å². The monoisotopic (exact) mass is 338 g/mol. The number of benzene rings is 1. The van der Waals surface area contributed by atoms with Crippen LogP contribution in [0.15, 0.2) is 36.5 Å². The van der Waals surface area contributed by atoms with Crippen molar-refractivity contribution in [1.82, 2.24) is 9.88 Å². The van der Waals surface area contributed by atoms with E-state index in [1.165, 1.54) is 0 Å². The van der Waals surface area contributed by atoms with Gasteiger partial charge in [-0.05, 0) is 37.1 Å². The van der Waals surface area contributed by atoms with Gasteiger partial charge in [-0.1, -0.05) is 18.2 Å². The number of aromatic nitrogens is 1. The first kappa shape index (κ1) is 17.0. The van der Waals surface area contributed by atoms with Crippen molar-refractivity contribution in [2.75, 3.05) is 36.4 Å². The highest BCUT2D eigenvalue weighted by Gasteiger charge is 2.17. The number of carbonyl (C=O) groups excluding carboxylic acids is 2. The number of amides is 2. The maximum absolute atomic E-state index is 12.5. The Morgan fingerprint density at radius 2 is 1.76 bits per heavy atom. The van der Waals surface area contributed by atoms with Gasteiger partial charge >= 0.3 is 0 Å². The van der Waals surface area contributed by atoms with Crippen LogP contribution in [0.5, 0.6) is 0 Å². The summed E-state index contributed by atoms with van der Waals surface area (Å²) >= 11 is 0. The summed E-state index contributed by atoms with van der Waals surface area (Å²) in [5.74, 6) is -0.213. The lowest BCUT2D eigenvalue weighted by Gasteiger charge is -2.33. The standard InChI is InChI=1S/C19H22N4O2/c1-14-4-3-5-15(2)18(14)21-19(25)17-7-6-16(12-20-17)23-10-8-22(13-24)9-11-23/h3-7,12-13H,8-11H2,1-2H3,(H,21,25). The van der Waals surface area contributed by atoms with E-state index in [0.717, 1.165) is 42.0 Å². The molecule has 130 valence electrons. The number of anilines is 2. The number of nitrogens with one attached hydrogen (secondary N) is 1. The van der Waals surface area contributed by atoms with Crippen molar-refractivity contribution in [2.45, 2.75) is 13.8 Å². The Bertz CT molecular complexity index is 745. The van der Waals surface area contributed by atoms with Crippen LogP contribution < -0.4 is 10.2 Å². The van der Waals surface area contributed by atoms with Gasteiger partial charge in [-0.3, -0.25) is 9.59 Å². The van der Waals surface area contributed by atoms with E-state index >= 15 is 0 Å². The van der Waals surface area contributed by atoms with E-state index < -0.39 is 0 Å². The van der Waals surface area contributed by atoms with Crippen molar-refractivity contribution in [2.24, 2.45) is 0 Å². The zero-order chi connectivity index (χ0) is 17.8. The minimum Gasteiger partial charge on any atom is -0.367 e. The van der Waals surface area contributed by atoms with Crippen molar-refractivity contribution in [3.8, 4) is 0 Å². The van der Waals surface area contributed by atoms with Crippen LogP contribution in [0.2, 0.25) is 0 Å². The van der Waals surface area contributed by atoms with Gasteiger partial charge in [0, 0.05) is 31.9 Å². The van der Waals surface area contributed by atoms with Crippen LogP contribution >= 0.6 is 0 Å². The van der Waals surface area contributed by atoms with Crippen LogP contribution in [0.4, 0.5) is 11.4 Å². The van der Waals surface area contributed by atoms with Crippen molar-refractivity contribution in [1.29, 1.82) is 0 Å². The molecule has 3 rings (SSSR count). The number of piperazine rings is 1. The highest BCUT2D eigenvalue weighted by Crippen LogP contribution is 2.21. The predicted octanol–water partition coefficient (Wildman–Crippen LogP) is 2.23. The van der Waals surface area contributed by atoms with E-state index in [4.69, 9.17) is 0 Å². The van der Waals surface area contributed by atoms with Gasteiger partial charge < -0.3 is 15.1 Å². The molecule has 6 nitrogen and oxygen atoms in total. The second-order valence-corrected chi connectivity index (χ2v) is 6.25. The van der Waals surface area contributed by atoms with Gasteiger partial charge in [-0.15, -0.1) is 0 Å². The van der Waals surface area contributed by atoms with E-state index in [2.05, 4.69) is 15.2 Å². The topological polar surface area (TPSA) is 65.5 Å². The Morgan fingerprint density at radius 3 is 2.32 bits per heavy atom. The Hall–Kier alpha value is -2.89. The Morgan fingerprint density at radius 1 is 1.08 bits per heavy atom. The first-order chi connectivity index (χ1) is 12.1. The smallest absolute Gasteiger partial charge is 0.274 e. The number of aryl methyl sites for hydroxylation is 2. The lowest BCUT2D eigenvalue weighted by Crippen LogP contribution is -2.45. The minimum atomic E-state index is -0.213. The van der Waals surface area contributed by atoms with E-state index in [1.54, 1.807) is 17.2 Å². The number of hydrogen-bond donors (Lipinski definition) is 1. The Balaban J connectivity index is 1.68. The Labute approximate surface area is 147 Å². The summed E-state index contributed by atoms with van der Waals surface area (Å²) in [6.45, 7) is 6.90. The number of pyridine rings is 1. The SMILES string of the molecule is Cc1cccc(C)c1NC(=O)c1ccc(N2CCN(C=O)CC2)cn1. The average molecular weight is 338 g/mol. The minimum absolute atomic E-state index is 0.213. The zero-order valence-corrected chi connectivity index (χ0v) is 14.5. The number of nitrogens with zero attached hydrogens (tertiary/aromatic N) is 3. The maximum atomic E-state index is 12.5. The highest BCUT2D eigenvalue weighted by molar-refractivity contribution is 6.03. The molecule has 2 aromatic rings. The van der Waals surface area contributed by atoms with Crippen molar-refractivity contribution >= 4 is 23.7 Å². The molecule has 0 atom stereocenters. The van der Waals surface area contributed by atoms with Gasteiger partial charge in [0.2, 0.25) is 6.41 Å². The Kier molecular flexibility index (Phi) is 4.97. The first-order valence-electron chi connectivity index (χ1n) is 8.36. The van der Waals surface area contributed by atoms with E-state index in [-0.39, 0.29) is 5.91 Å². The molecule has 0 saturated carbocycles. The molecule has 1 aliphatic rings. The number of carbonyl (C=O) groups is 2. The van der Waals surface area contributed by atoms with Gasteiger partial charge in [-0.2, -0.15) is 0 Å². The summed E-state index contributed by atoms with van der Waals surface area (Å²) in [5.41, 5.74) is 4.24. The molecule has 1 fully saturated rings. The van der Waals surface area contributed by atoms with Gasteiger partial charge in [0.15, 0.2) is 0 Å². The number of rotatable bonds is 4. The molecule has 1 aromatic carbocycles. The summed E-state index contributed by atoms with van der Waals surface area (Å²) < 4.78 is 0. The summed E-state index contributed by atoms with van der Waals surface area (Å²) in [6.07, 6.45) is 2.60. The molecule has 6 heteroatoms. The molecular formula is C19H22N4O2. The quantitative estimate of drug-likeness (QED) is 0.868. The maximum Gasteiger partial charge on any atom is 0.274 e. The third-order valence-electron chi connectivity index (χ3n) is 4.53. The fraction of sp³-hybridized carbons (Fsp3) is 0.316. The van der Waals surface area contributed by atoms with E-state index in [0.29, 0.717) is 18.8 Å². The molecule has 1 N–H and O–H groups in total. The van der Waals surface area contributed by atoms with Crippen LogP contribution in [0, 0.1) is 13.8 Å². The molecule has 0 unspecified atom stereocenters. The fourth-order valence-corrected chi connectivity index (χ4v) is 2.98. The second kappa shape index (κ2) is 7.34. The number of para-hydroxylation sites is 1. The molecule has 0 spiro atoms. The summed E-state index contributed by atoms with van der Waals surface area (Å²) in [6, 6.07) is 9.56. The highest BCUT2D eigenvalue weighted by atomic mass is 16.2. The molecule has 1 saturated heterocycles. The zero-order valence-electron chi connectivity index (χ0n) is 14.5. The second-order valence-electron chi connectivity index (χ2n) is 6.25. The van der Waals surface area contributed by atoms with Crippen LogP contribution in [0.3, 0.4) is 0 Å². The molecule has 1 aromatic heterocycles. The first-order valence-corrected chi connectivity index (χ1v) is 8.36. The summed E-state index contributed by atoms with van der Waals surface area (Å²) in [7, 11) is 0. The number of hydrogen-bond acceptors (Lipinski definition) is 4. The van der Waals surface area contributed by atoms with Crippen molar-refractivity contribution in [3.63, 3.8) is 0 Å². The fourth-order valence-electron chi connectivity index (χ4n) is 2.98. The van der Waals surface area contributed by atoms with Gasteiger partial charge in [0.25, 0.3) is 5.91 Å². The molecule has 1 aliphatic heterocycles. The van der Waals surface area contributed by atoms with Crippen molar-refractivity contribution < 1.29 is 9.59 Å². The largest absolute Gasteiger partial charge is 0.367 e. The van der Waals surface area contributed by atoms with E-state index in [9.17, 15) is 9.59 Å². The lowest BCUT2D eigenvalue weighted by molar-refractivity contribution is -0.118. The lowest BCUT2D eigenvalue weighted by atomic mass is 10.1. The molecular weight excluding hydrogens is 316 g/mol. The predicted molar refractivity (Wildman–Crippen MR) is 98.0 cm³/mol. The normalized spacial score (nSPS) is 14.3. The third kappa shape index (κ3) is 3.79. The van der Waals surface area contributed by atoms with E-state index in [1.807, 2.05) is 38.1 Å². The molecule has 0 aliphatic carbocycles. The van der Waals surface area contributed by atoms with Crippen molar-refractivity contribution in [3.05, 3.63) is 53.3 Å². The summed E-state index contributed by atoms with van der Waals surface area (Å²) in [4.78, 5) is 31.5. The molecule has 25 heavy (non-hydrogen) atoms. The van der Waals surface area contributed by atoms with Crippen LogP contribution in [0.1, 0.15) is 21.6 Å². The van der Waals surface area contributed by atoms with Crippen LogP contribution in [-0.2, 0) is 4.79 Å². The summed E-state index contributed by atoms with van der Waals surface area (Å²) in [5, 5.41) is 2.95. The van der Waals surface area contributed by atoms with Gasteiger partial charge in [0.05, 0.1) is 11.9 Å². The molecule has 0 bridgehead atoms.